The van der Waals surface area contributed by atoms with E-state index < -0.39 is 51.9 Å². The van der Waals surface area contributed by atoms with E-state index in [0.29, 0.717) is 6.07 Å². The number of esters is 1. The van der Waals surface area contributed by atoms with E-state index in [1.165, 1.54) is 11.8 Å². The first-order valence-electron chi connectivity index (χ1n) is 8.97. The lowest BCUT2D eigenvalue weighted by molar-refractivity contribution is -0.385. The number of amides is 2. The summed E-state index contributed by atoms with van der Waals surface area (Å²) in [6.07, 6.45) is -6.48. The van der Waals surface area contributed by atoms with Crippen LogP contribution >= 0.6 is 0 Å². The molecule has 1 saturated heterocycles. The van der Waals surface area contributed by atoms with E-state index in [-0.39, 0.29) is 24.9 Å². The highest BCUT2D eigenvalue weighted by Crippen LogP contribution is 2.37. The monoisotopic (exact) mass is 431 g/mol. The average molecular weight is 431 g/mol. The van der Waals surface area contributed by atoms with Gasteiger partial charge < -0.3 is 15.0 Å². The molecule has 1 fully saturated rings. The molecule has 0 radical (unpaired) electrons. The van der Waals surface area contributed by atoms with Gasteiger partial charge in [0.15, 0.2) is 6.10 Å². The number of ether oxygens (including phenoxy) is 1. The van der Waals surface area contributed by atoms with E-state index in [1.54, 1.807) is 13.8 Å². The summed E-state index contributed by atoms with van der Waals surface area (Å²) < 4.78 is 44.6. The molecule has 9 nitrogen and oxygen atoms in total. The molecular formula is C18H20F3N3O6. The topological polar surface area (TPSA) is 119 Å². The number of anilines is 1. The second kappa shape index (κ2) is 8.67. The number of likely N-dealkylation sites (tertiary alicyclic amines) is 1. The molecule has 1 heterocycles. The van der Waals surface area contributed by atoms with Crippen LogP contribution in [-0.4, -0.2) is 46.3 Å². The summed E-state index contributed by atoms with van der Waals surface area (Å²) >= 11 is 0. The fourth-order valence-corrected chi connectivity index (χ4v) is 2.94. The Bertz CT molecular complexity index is 871. The van der Waals surface area contributed by atoms with E-state index in [9.17, 15) is 37.7 Å². The second-order valence-corrected chi connectivity index (χ2v) is 7.09. The first-order valence-corrected chi connectivity index (χ1v) is 8.97. The Hall–Kier alpha value is -3.18. The number of halogens is 3. The minimum Gasteiger partial charge on any atom is -0.452 e. The van der Waals surface area contributed by atoms with Gasteiger partial charge in [0.05, 0.1) is 22.1 Å². The van der Waals surface area contributed by atoms with E-state index in [2.05, 4.69) is 0 Å². The van der Waals surface area contributed by atoms with Crippen molar-refractivity contribution < 1.29 is 37.2 Å². The molecule has 2 amide bonds. The molecule has 2 rings (SSSR count). The van der Waals surface area contributed by atoms with Crippen molar-refractivity contribution in [2.24, 2.45) is 5.92 Å². The summed E-state index contributed by atoms with van der Waals surface area (Å²) in [7, 11) is 0. The molecule has 1 aliphatic rings. The Balaban J connectivity index is 2.08. The van der Waals surface area contributed by atoms with Crippen molar-refractivity contribution in [2.45, 2.75) is 45.5 Å². The summed E-state index contributed by atoms with van der Waals surface area (Å²) in [6, 6.07) is 1.76. The van der Waals surface area contributed by atoms with Crippen LogP contribution in [0.5, 0.6) is 0 Å². The van der Waals surface area contributed by atoms with Crippen molar-refractivity contribution >= 4 is 29.2 Å². The summed E-state index contributed by atoms with van der Waals surface area (Å²) in [5.74, 6) is -2.87. The van der Waals surface area contributed by atoms with Gasteiger partial charge in [0.1, 0.15) is 0 Å². The molecule has 12 heteroatoms. The summed E-state index contributed by atoms with van der Waals surface area (Å²) in [4.78, 5) is 47.6. The molecule has 2 atom stereocenters. The van der Waals surface area contributed by atoms with Crippen molar-refractivity contribution in [1.82, 2.24) is 4.90 Å². The van der Waals surface area contributed by atoms with Gasteiger partial charge in [-0.2, -0.15) is 13.2 Å². The molecule has 0 spiro atoms. The standard InChI is InChI=1S/C18H20F3N3O6/c1-9(2)23-8-11(6-15(23)25)17(27)30-10(3)16(26)22-14-5-4-12(24(28)29)7-13(14)18(19,20)21/h4-5,7,9-11H,6,8H2,1-3H3,(H,22,26). The first-order chi connectivity index (χ1) is 13.8. The van der Waals surface area contributed by atoms with Gasteiger partial charge in [-0.05, 0) is 26.8 Å². The highest BCUT2D eigenvalue weighted by Gasteiger charge is 2.38. The molecule has 1 aliphatic heterocycles. The SMILES string of the molecule is CC(OC(=O)C1CC(=O)N(C(C)C)C1)C(=O)Nc1ccc([N+](=O)[O-])cc1C(F)(F)F. The maximum Gasteiger partial charge on any atom is 0.418 e. The predicted octanol–water partition coefficient (Wildman–Crippen LogP) is 2.74. The minimum atomic E-state index is -4.96. The molecule has 0 aliphatic carbocycles. The number of nitro groups is 1. The Morgan fingerprint density at radius 1 is 1.30 bits per heavy atom. The zero-order valence-electron chi connectivity index (χ0n) is 16.4. The van der Waals surface area contributed by atoms with E-state index in [0.717, 1.165) is 12.1 Å². The van der Waals surface area contributed by atoms with E-state index in [4.69, 9.17) is 4.74 Å². The summed E-state index contributed by atoms with van der Waals surface area (Å²) in [6.45, 7) is 4.86. The summed E-state index contributed by atoms with van der Waals surface area (Å²) in [5, 5.41) is 12.7. The smallest absolute Gasteiger partial charge is 0.418 e. The molecule has 2 unspecified atom stereocenters. The molecular weight excluding hydrogens is 411 g/mol. The van der Waals surface area contributed by atoms with Gasteiger partial charge in [0, 0.05) is 31.1 Å². The van der Waals surface area contributed by atoms with Crippen LogP contribution in [0, 0.1) is 16.0 Å². The number of alkyl halides is 3. The fraction of sp³-hybridized carbons (Fsp3) is 0.500. The van der Waals surface area contributed by atoms with Crippen molar-refractivity contribution in [3.63, 3.8) is 0 Å². The number of carbonyl (C=O) groups is 3. The molecule has 164 valence electrons. The number of non-ortho nitro benzene ring substituents is 1. The fourth-order valence-electron chi connectivity index (χ4n) is 2.94. The zero-order chi connectivity index (χ0) is 22.8. The van der Waals surface area contributed by atoms with Crippen LogP contribution in [0.3, 0.4) is 0 Å². The van der Waals surface area contributed by atoms with Gasteiger partial charge in [-0.25, -0.2) is 0 Å². The maximum atomic E-state index is 13.2. The number of hydrogen-bond donors (Lipinski definition) is 1. The number of nitrogens with one attached hydrogen (secondary N) is 1. The van der Waals surface area contributed by atoms with Gasteiger partial charge >= 0.3 is 12.1 Å². The van der Waals surface area contributed by atoms with Gasteiger partial charge in [-0.15, -0.1) is 0 Å². The lowest BCUT2D eigenvalue weighted by Gasteiger charge is -2.21. The van der Waals surface area contributed by atoms with Crippen molar-refractivity contribution in [3.8, 4) is 0 Å². The van der Waals surface area contributed by atoms with Gasteiger partial charge in [-0.3, -0.25) is 24.5 Å². The van der Waals surface area contributed by atoms with Crippen LogP contribution in [-0.2, 0) is 25.3 Å². The van der Waals surface area contributed by atoms with Crippen molar-refractivity contribution in [2.75, 3.05) is 11.9 Å². The molecule has 0 aromatic heterocycles. The van der Waals surface area contributed by atoms with E-state index in [1.807, 2.05) is 5.32 Å². The Morgan fingerprint density at radius 2 is 1.93 bits per heavy atom. The largest absolute Gasteiger partial charge is 0.452 e. The number of rotatable bonds is 6. The Labute approximate surface area is 169 Å². The number of carbonyl (C=O) groups excluding carboxylic acids is 3. The quantitative estimate of drug-likeness (QED) is 0.420. The number of hydrogen-bond acceptors (Lipinski definition) is 6. The molecule has 1 N–H and O–H groups in total. The highest BCUT2D eigenvalue weighted by atomic mass is 19.4. The van der Waals surface area contributed by atoms with Crippen LogP contribution < -0.4 is 5.32 Å². The molecule has 0 bridgehead atoms. The maximum absolute atomic E-state index is 13.2. The van der Waals surface area contributed by atoms with Crippen molar-refractivity contribution in [3.05, 3.63) is 33.9 Å². The molecule has 0 saturated carbocycles. The van der Waals surface area contributed by atoms with Crippen LogP contribution in [0.1, 0.15) is 32.8 Å². The van der Waals surface area contributed by atoms with Gasteiger partial charge in [-0.1, -0.05) is 0 Å². The first kappa shape index (κ1) is 23.1. The zero-order valence-corrected chi connectivity index (χ0v) is 16.4. The van der Waals surface area contributed by atoms with Crippen molar-refractivity contribution in [1.29, 1.82) is 0 Å². The average Bonchev–Trinajstić information content (AvgIpc) is 3.03. The highest BCUT2D eigenvalue weighted by molar-refractivity contribution is 5.96. The number of nitrogens with zero attached hydrogens (tertiary/aromatic N) is 2. The number of nitro benzene ring substituents is 1. The number of benzene rings is 1. The lowest BCUT2D eigenvalue weighted by Crippen LogP contribution is -2.35. The van der Waals surface area contributed by atoms with E-state index >= 15 is 0 Å². The molecule has 1 aromatic carbocycles. The predicted molar refractivity (Wildman–Crippen MR) is 97.2 cm³/mol. The van der Waals surface area contributed by atoms with Gasteiger partial charge in [0.2, 0.25) is 5.91 Å². The van der Waals surface area contributed by atoms with Crippen LogP contribution in [0.4, 0.5) is 24.5 Å². The van der Waals surface area contributed by atoms with Crippen LogP contribution in [0.25, 0.3) is 0 Å². The molecule has 1 aromatic rings. The lowest BCUT2D eigenvalue weighted by atomic mass is 10.1. The normalized spacial score (nSPS) is 17.8. The van der Waals surface area contributed by atoms with Crippen LogP contribution in [0.2, 0.25) is 0 Å². The molecule has 30 heavy (non-hydrogen) atoms. The minimum absolute atomic E-state index is 0.0775. The van der Waals surface area contributed by atoms with Crippen LogP contribution in [0.15, 0.2) is 18.2 Å². The third-order valence-electron chi connectivity index (χ3n) is 4.55. The third-order valence-corrected chi connectivity index (χ3v) is 4.55. The third kappa shape index (κ3) is 5.24. The Kier molecular flexibility index (Phi) is 6.68. The second-order valence-electron chi connectivity index (χ2n) is 7.09. The summed E-state index contributed by atoms with van der Waals surface area (Å²) in [5.41, 5.74) is -2.90. The Morgan fingerprint density at radius 3 is 2.43 bits per heavy atom. The van der Waals surface area contributed by atoms with Gasteiger partial charge in [0.25, 0.3) is 11.6 Å².